The lowest BCUT2D eigenvalue weighted by Crippen LogP contribution is -2.50. The van der Waals surface area contributed by atoms with E-state index in [1.807, 2.05) is 46.3 Å². The summed E-state index contributed by atoms with van der Waals surface area (Å²) in [5, 5.41) is 1.95. The molecule has 0 saturated heterocycles. The summed E-state index contributed by atoms with van der Waals surface area (Å²) in [5.41, 5.74) is 1.68. The molecule has 29 heavy (non-hydrogen) atoms. The first kappa shape index (κ1) is 19.6. The van der Waals surface area contributed by atoms with E-state index >= 15 is 0 Å². The number of amides is 1. The number of para-hydroxylation sites is 2. The Hall–Kier alpha value is -2.71. The van der Waals surface area contributed by atoms with Gasteiger partial charge in [0.15, 0.2) is 5.92 Å². The summed E-state index contributed by atoms with van der Waals surface area (Å²) >= 11 is 1.52. The topological polar surface area (TPSA) is 73.7 Å². The minimum Gasteiger partial charge on any atom is -0.465 e. The zero-order valence-corrected chi connectivity index (χ0v) is 17.2. The number of benzene rings is 1. The van der Waals surface area contributed by atoms with Crippen molar-refractivity contribution in [2.24, 2.45) is 5.92 Å². The van der Waals surface area contributed by atoms with Gasteiger partial charge in [-0.15, -0.1) is 11.3 Å². The standard InChI is InChI=1S/C21H23N3O4S/c1-3-28-20(26)17-18(16-10-6-13-29-16)24-15-9-5-4-8-14(15)22-21(24)23(19(17)25)11-7-12-27-2/h4-6,8-10,13,17-18H,3,7,11-12H2,1-2H3/t17-,18-/m1/s1. The normalized spacial score (nSPS) is 18.8. The fourth-order valence-electron chi connectivity index (χ4n) is 3.84. The van der Waals surface area contributed by atoms with Crippen LogP contribution in [0.2, 0.25) is 0 Å². The number of esters is 1. The Morgan fingerprint density at radius 3 is 2.79 bits per heavy atom. The molecule has 0 N–H and O–H groups in total. The van der Waals surface area contributed by atoms with Crippen LogP contribution in [0.25, 0.3) is 11.0 Å². The third kappa shape index (κ3) is 3.42. The highest BCUT2D eigenvalue weighted by molar-refractivity contribution is 7.10. The number of carbonyl (C=O) groups excluding carboxylic acids is 2. The second-order valence-corrected chi connectivity index (χ2v) is 7.78. The van der Waals surface area contributed by atoms with Crippen LogP contribution < -0.4 is 4.90 Å². The third-order valence-corrected chi connectivity index (χ3v) is 5.99. The lowest BCUT2D eigenvalue weighted by atomic mass is 9.94. The lowest BCUT2D eigenvalue weighted by Gasteiger charge is -2.37. The minimum absolute atomic E-state index is 0.223. The number of aromatic nitrogens is 2. The van der Waals surface area contributed by atoms with Crippen LogP contribution in [-0.2, 0) is 19.1 Å². The van der Waals surface area contributed by atoms with Gasteiger partial charge < -0.3 is 9.47 Å². The molecule has 0 saturated carbocycles. The van der Waals surface area contributed by atoms with Crippen LogP contribution in [0.4, 0.5) is 5.95 Å². The van der Waals surface area contributed by atoms with Gasteiger partial charge in [-0.3, -0.25) is 19.1 Å². The van der Waals surface area contributed by atoms with Crippen LogP contribution in [0, 0.1) is 5.92 Å². The molecule has 7 nitrogen and oxygen atoms in total. The van der Waals surface area contributed by atoms with Gasteiger partial charge in [0.25, 0.3) is 0 Å². The summed E-state index contributed by atoms with van der Waals surface area (Å²) in [7, 11) is 1.63. The molecule has 1 aromatic carbocycles. The Bertz CT molecular complexity index is 1010. The molecule has 1 aliphatic heterocycles. The predicted molar refractivity (Wildman–Crippen MR) is 111 cm³/mol. The Morgan fingerprint density at radius 1 is 1.24 bits per heavy atom. The molecule has 0 radical (unpaired) electrons. The number of thiophene rings is 1. The zero-order valence-electron chi connectivity index (χ0n) is 16.4. The van der Waals surface area contributed by atoms with Gasteiger partial charge in [0.05, 0.1) is 23.7 Å². The third-order valence-electron chi connectivity index (χ3n) is 5.05. The molecule has 1 amide bonds. The highest BCUT2D eigenvalue weighted by Gasteiger charge is 2.48. The van der Waals surface area contributed by atoms with Crippen molar-refractivity contribution in [1.29, 1.82) is 0 Å². The second kappa shape index (κ2) is 8.34. The maximum atomic E-state index is 13.5. The molecule has 4 rings (SSSR count). The second-order valence-electron chi connectivity index (χ2n) is 6.80. The van der Waals surface area contributed by atoms with Crippen molar-refractivity contribution in [1.82, 2.24) is 9.55 Å². The lowest BCUT2D eigenvalue weighted by molar-refractivity contribution is -0.153. The summed E-state index contributed by atoms with van der Waals surface area (Å²) in [6.45, 7) is 2.91. The maximum Gasteiger partial charge on any atom is 0.321 e. The molecule has 3 aromatic rings. The van der Waals surface area contributed by atoms with Gasteiger partial charge in [-0.2, -0.15) is 0 Å². The molecule has 0 aliphatic carbocycles. The highest BCUT2D eigenvalue weighted by atomic mass is 32.1. The first-order valence-corrected chi connectivity index (χ1v) is 10.5. The van der Waals surface area contributed by atoms with E-state index in [4.69, 9.17) is 14.5 Å². The molecule has 2 atom stereocenters. The van der Waals surface area contributed by atoms with Crippen LogP contribution in [0.5, 0.6) is 0 Å². The number of hydrogen-bond donors (Lipinski definition) is 0. The summed E-state index contributed by atoms with van der Waals surface area (Å²) in [6.07, 6.45) is 0.644. The van der Waals surface area contributed by atoms with E-state index in [1.165, 1.54) is 11.3 Å². The van der Waals surface area contributed by atoms with Crippen LogP contribution in [-0.4, -0.2) is 48.3 Å². The maximum absolute atomic E-state index is 13.5. The average molecular weight is 413 g/mol. The molecule has 2 aromatic heterocycles. The Balaban J connectivity index is 1.91. The molecular formula is C21H23N3O4S. The van der Waals surface area contributed by atoms with Crippen LogP contribution in [0.1, 0.15) is 24.3 Å². The van der Waals surface area contributed by atoms with Gasteiger partial charge in [0, 0.05) is 25.1 Å². The first-order valence-electron chi connectivity index (χ1n) is 9.64. The number of anilines is 1. The van der Waals surface area contributed by atoms with E-state index in [2.05, 4.69) is 0 Å². The number of carbonyl (C=O) groups is 2. The summed E-state index contributed by atoms with van der Waals surface area (Å²) in [5.74, 6) is -1.18. The molecule has 152 valence electrons. The van der Waals surface area contributed by atoms with E-state index < -0.39 is 17.9 Å². The van der Waals surface area contributed by atoms with Crippen molar-refractivity contribution in [3.05, 3.63) is 46.7 Å². The number of rotatable bonds is 7. The fourth-order valence-corrected chi connectivity index (χ4v) is 4.69. The van der Waals surface area contributed by atoms with Crippen LogP contribution in [0.3, 0.4) is 0 Å². The van der Waals surface area contributed by atoms with Crippen LogP contribution in [0.15, 0.2) is 41.8 Å². The molecule has 8 heteroatoms. The summed E-state index contributed by atoms with van der Waals surface area (Å²) in [6, 6.07) is 11.1. The Morgan fingerprint density at radius 2 is 2.07 bits per heavy atom. The van der Waals surface area contributed by atoms with Gasteiger partial charge in [0.1, 0.15) is 0 Å². The van der Waals surface area contributed by atoms with Gasteiger partial charge in [-0.05, 0) is 36.9 Å². The smallest absolute Gasteiger partial charge is 0.321 e. The number of methoxy groups -OCH3 is 1. The molecule has 0 bridgehead atoms. The molecule has 0 spiro atoms. The van der Waals surface area contributed by atoms with Crippen molar-refractivity contribution in [2.75, 3.05) is 31.8 Å². The summed E-state index contributed by atoms with van der Waals surface area (Å²) in [4.78, 5) is 33.7. The molecule has 0 fully saturated rings. The van der Waals surface area contributed by atoms with E-state index in [1.54, 1.807) is 18.9 Å². The predicted octanol–water partition coefficient (Wildman–Crippen LogP) is 3.25. The van der Waals surface area contributed by atoms with E-state index in [9.17, 15) is 9.59 Å². The van der Waals surface area contributed by atoms with Crippen molar-refractivity contribution in [3.63, 3.8) is 0 Å². The minimum atomic E-state index is -0.957. The van der Waals surface area contributed by atoms with E-state index in [-0.39, 0.29) is 12.5 Å². The fraction of sp³-hybridized carbons (Fsp3) is 0.381. The van der Waals surface area contributed by atoms with E-state index in [0.717, 1.165) is 15.9 Å². The monoisotopic (exact) mass is 413 g/mol. The number of nitrogens with zero attached hydrogens (tertiary/aromatic N) is 3. The van der Waals surface area contributed by atoms with Crippen molar-refractivity contribution in [2.45, 2.75) is 19.4 Å². The van der Waals surface area contributed by atoms with Crippen LogP contribution >= 0.6 is 11.3 Å². The quantitative estimate of drug-likeness (QED) is 0.338. The highest BCUT2D eigenvalue weighted by Crippen LogP contribution is 2.42. The van der Waals surface area contributed by atoms with E-state index in [0.29, 0.717) is 25.5 Å². The zero-order chi connectivity index (χ0) is 20.4. The first-order chi connectivity index (χ1) is 14.2. The number of imidazole rings is 1. The van der Waals surface area contributed by atoms with Gasteiger partial charge in [-0.25, -0.2) is 4.98 Å². The van der Waals surface area contributed by atoms with Crippen molar-refractivity contribution < 1.29 is 19.1 Å². The molecule has 3 heterocycles. The van der Waals surface area contributed by atoms with Gasteiger partial charge in [0.2, 0.25) is 11.9 Å². The summed E-state index contributed by atoms with van der Waals surface area (Å²) < 4.78 is 12.5. The van der Waals surface area contributed by atoms with Gasteiger partial charge in [-0.1, -0.05) is 18.2 Å². The Labute approximate surface area is 172 Å². The number of hydrogen-bond acceptors (Lipinski definition) is 6. The number of fused-ring (bicyclic) bond motifs is 3. The molecule has 1 aliphatic rings. The molecular weight excluding hydrogens is 390 g/mol. The average Bonchev–Trinajstić information content (AvgIpc) is 3.37. The largest absolute Gasteiger partial charge is 0.465 e. The van der Waals surface area contributed by atoms with Crippen molar-refractivity contribution >= 4 is 40.2 Å². The molecule has 0 unspecified atom stereocenters. The number of ether oxygens (including phenoxy) is 2. The van der Waals surface area contributed by atoms with Crippen molar-refractivity contribution in [3.8, 4) is 0 Å². The Kier molecular flexibility index (Phi) is 5.64. The van der Waals surface area contributed by atoms with Gasteiger partial charge >= 0.3 is 5.97 Å². The SMILES string of the molecule is CCOC(=O)[C@H]1C(=O)N(CCCOC)c2nc3ccccc3n2[C@@H]1c1cccs1.